The summed E-state index contributed by atoms with van der Waals surface area (Å²) in [6.07, 6.45) is 0. The molecule has 0 saturated carbocycles. The average molecular weight is 297 g/mol. The van der Waals surface area contributed by atoms with E-state index in [1.54, 1.807) is 6.07 Å². The third-order valence-corrected chi connectivity index (χ3v) is 3.39. The number of piperazine rings is 1. The maximum absolute atomic E-state index is 11.3. The molecule has 2 rings (SSSR count). The van der Waals surface area contributed by atoms with Crippen LogP contribution in [0.1, 0.15) is 17.3 Å². The van der Waals surface area contributed by atoms with Crippen LogP contribution in [0.4, 0.5) is 5.69 Å². The number of anilines is 1. The fraction of sp³-hybridized carbons (Fsp3) is 0.333. The Kier molecular flexibility index (Phi) is 3.47. The molecular weight excluding hydrogens is 284 g/mol. The van der Waals surface area contributed by atoms with Gasteiger partial charge in [0.2, 0.25) is 5.91 Å². The lowest BCUT2D eigenvalue weighted by molar-refractivity contribution is -0.120. The van der Waals surface area contributed by atoms with E-state index in [1.165, 1.54) is 6.92 Å². The van der Waals surface area contributed by atoms with E-state index in [0.717, 1.165) is 16.7 Å². The van der Waals surface area contributed by atoms with Crippen LogP contribution in [0, 0.1) is 0 Å². The van der Waals surface area contributed by atoms with Crippen LogP contribution in [-0.2, 0) is 4.79 Å². The van der Waals surface area contributed by atoms with Crippen LogP contribution in [0.25, 0.3) is 0 Å². The lowest BCUT2D eigenvalue weighted by atomic mass is 10.1. The van der Waals surface area contributed by atoms with Crippen LogP contribution in [0.2, 0.25) is 0 Å². The summed E-state index contributed by atoms with van der Waals surface area (Å²) in [5.74, 6) is 0.0582. The monoisotopic (exact) mass is 296 g/mol. The molecule has 1 aliphatic heterocycles. The van der Waals surface area contributed by atoms with Crippen molar-refractivity contribution in [1.82, 2.24) is 5.32 Å². The molecule has 1 aliphatic rings. The van der Waals surface area contributed by atoms with Gasteiger partial charge in [0.1, 0.15) is 0 Å². The van der Waals surface area contributed by atoms with Crippen LogP contribution >= 0.6 is 15.9 Å². The van der Waals surface area contributed by atoms with Crippen LogP contribution in [0.15, 0.2) is 22.7 Å². The fourth-order valence-corrected chi connectivity index (χ4v) is 2.49. The maximum Gasteiger partial charge on any atom is 0.239 e. The molecule has 0 aliphatic carbocycles. The number of nitrogens with one attached hydrogen (secondary N) is 1. The first-order chi connectivity index (χ1) is 8.08. The Hall–Kier alpha value is -1.36. The highest BCUT2D eigenvalue weighted by atomic mass is 79.9. The van der Waals surface area contributed by atoms with Crippen molar-refractivity contribution in [3.63, 3.8) is 0 Å². The summed E-state index contributed by atoms with van der Waals surface area (Å²) < 4.78 is 0.772. The molecule has 1 aromatic carbocycles. The molecule has 17 heavy (non-hydrogen) atoms. The van der Waals surface area contributed by atoms with Crippen LogP contribution < -0.4 is 10.2 Å². The summed E-state index contributed by atoms with van der Waals surface area (Å²) in [5, 5.41) is 2.78. The summed E-state index contributed by atoms with van der Waals surface area (Å²) in [6, 6.07) is 5.55. The standard InChI is InChI=1S/C12H13BrN2O2/c1-8(16)10-3-2-9(6-11(10)13)15-5-4-14-12(17)7-15/h2-3,6H,4-5,7H2,1H3,(H,14,17). The predicted octanol–water partition coefficient (Wildman–Crippen LogP) is 1.59. The molecule has 90 valence electrons. The normalized spacial score (nSPS) is 15.6. The Bertz CT molecular complexity index is 474. The zero-order valence-electron chi connectivity index (χ0n) is 9.50. The summed E-state index contributed by atoms with van der Waals surface area (Å²) in [7, 11) is 0. The molecule has 0 aromatic heterocycles. The highest BCUT2D eigenvalue weighted by molar-refractivity contribution is 9.10. The molecule has 1 N–H and O–H groups in total. The van der Waals surface area contributed by atoms with E-state index in [9.17, 15) is 9.59 Å². The van der Waals surface area contributed by atoms with Gasteiger partial charge in [0, 0.05) is 28.8 Å². The minimum Gasteiger partial charge on any atom is -0.360 e. The molecular formula is C12H13BrN2O2. The number of hydrogen-bond acceptors (Lipinski definition) is 3. The minimum absolute atomic E-state index is 0.0276. The number of halogens is 1. The van der Waals surface area contributed by atoms with Gasteiger partial charge in [-0.05, 0) is 41.1 Å². The van der Waals surface area contributed by atoms with Crippen molar-refractivity contribution >= 4 is 33.3 Å². The van der Waals surface area contributed by atoms with Crippen molar-refractivity contribution in [2.45, 2.75) is 6.92 Å². The Morgan fingerprint density at radius 3 is 2.82 bits per heavy atom. The quantitative estimate of drug-likeness (QED) is 0.843. The molecule has 1 aromatic rings. The molecule has 0 radical (unpaired) electrons. The van der Waals surface area contributed by atoms with Crippen molar-refractivity contribution in [2.75, 3.05) is 24.5 Å². The number of ketones is 1. The number of nitrogens with zero attached hydrogens (tertiary/aromatic N) is 1. The Morgan fingerprint density at radius 1 is 1.47 bits per heavy atom. The molecule has 0 bridgehead atoms. The van der Waals surface area contributed by atoms with E-state index >= 15 is 0 Å². The summed E-state index contributed by atoms with van der Waals surface area (Å²) >= 11 is 3.38. The van der Waals surface area contributed by atoms with Gasteiger partial charge < -0.3 is 10.2 Å². The fourth-order valence-electron chi connectivity index (χ4n) is 1.85. The first-order valence-corrected chi connectivity index (χ1v) is 6.19. The third-order valence-electron chi connectivity index (χ3n) is 2.74. The van der Waals surface area contributed by atoms with E-state index in [1.807, 2.05) is 17.0 Å². The van der Waals surface area contributed by atoms with Gasteiger partial charge in [0.05, 0.1) is 6.54 Å². The van der Waals surface area contributed by atoms with E-state index < -0.39 is 0 Å². The van der Waals surface area contributed by atoms with Gasteiger partial charge in [-0.15, -0.1) is 0 Å². The smallest absolute Gasteiger partial charge is 0.239 e. The number of hydrogen-bond donors (Lipinski definition) is 1. The van der Waals surface area contributed by atoms with Gasteiger partial charge in [-0.2, -0.15) is 0 Å². The average Bonchev–Trinajstić information content (AvgIpc) is 2.28. The zero-order valence-corrected chi connectivity index (χ0v) is 11.1. The topological polar surface area (TPSA) is 49.4 Å². The first-order valence-electron chi connectivity index (χ1n) is 5.40. The van der Waals surface area contributed by atoms with Crippen LogP contribution in [0.5, 0.6) is 0 Å². The summed E-state index contributed by atoms with van der Waals surface area (Å²) in [6.45, 7) is 3.35. The molecule has 1 fully saturated rings. The molecule has 5 heteroatoms. The predicted molar refractivity (Wildman–Crippen MR) is 69.4 cm³/mol. The number of amides is 1. The number of carbonyl (C=O) groups is 2. The van der Waals surface area contributed by atoms with Crippen molar-refractivity contribution in [2.24, 2.45) is 0 Å². The van der Waals surface area contributed by atoms with Gasteiger partial charge in [0.25, 0.3) is 0 Å². The van der Waals surface area contributed by atoms with E-state index in [0.29, 0.717) is 18.7 Å². The van der Waals surface area contributed by atoms with E-state index in [-0.39, 0.29) is 11.7 Å². The largest absolute Gasteiger partial charge is 0.360 e. The zero-order chi connectivity index (χ0) is 12.4. The number of Topliss-reactive ketones (excluding diaryl/α,β-unsaturated/α-hetero) is 1. The Labute approximate surface area is 108 Å². The molecule has 1 amide bonds. The van der Waals surface area contributed by atoms with Gasteiger partial charge in [0.15, 0.2) is 5.78 Å². The second kappa shape index (κ2) is 4.87. The lowest BCUT2D eigenvalue weighted by Gasteiger charge is -2.28. The second-order valence-electron chi connectivity index (χ2n) is 3.99. The van der Waals surface area contributed by atoms with E-state index in [2.05, 4.69) is 21.2 Å². The molecule has 1 saturated heterocycles. The summed E-state index contributed by atoms with van der Waals surface area (Å²) in [5.41, 5.74) is 1.62. The van der Waals surface area contributed by atoms with Gasteiger partial charge >= 0.3 is 0 Å². The Balaban J connectivity index is 2.25. The van der Waals surface area contributed by atoms with Gasteiger partial charge in [-0.3, -0.25) is 9.59 Å². The van der Waals surface area contributed by atoms with Gasteiger partial charge in [-0.25, -0.2) is 0 Å². The van der Waals surface area contributed by atoms with E-state index in [4.69, 9.17) is 0 Å². The number of carbonyl (C=O) groups excluding carboxylic acids is 2. The highest BCUT2D eigenvalue weighted by Gasteiger charge is 2.17. The van der Waals surface area contributed by atoms with Gasteiger partial charge in [-0.1, -0.05) is 0 Å². The maximum atomic E-state index is 11.3. The van der Waals surface area contributed by atoms with Crippen molar-refractivity contribution in [3.8, 4) is 0 Å². The molecule has 0 atom stereocenters. The van der Waals surface area contributed by atoms with Crippen molar-refractivity contribution in [1.29, 1.82) is 0 Å². The minimum atomic E-state index is 0.0276. The number of benzene rings is 1. The third kappa shape index (κ3) is 2.66. The molecule has 1 heterocycles. The lowest BCUT2D eigenvalue weighted by Crippen LogP contribution is -2.47. The van der Waals surface area contributed by atoms with Crippen LogP contribution in [-0.4, -0.2) is 31.3 Å². The van der Waals surface area contributed by atoms with Crippen LogP contribution in [0.3, 0.4) is 0 Å². The first kappa shape index (κ1) is 12.1. The molecule has 0 unspecified atom stereocenters. The Morgan fingerprint density at radius 2 is 2.24 bits per heavy atom. The molecule has 4 nitrogen and oxygen atoms in total. The number of rotatable bonds is 2. The second-order valence-corrected chi connectivity index (χ2v) is 4.85. The van der Waals surface area contributed by atoms with Crippen molar-refractivity contribution < 1.29 is 9.59 Å². The molecule has 0 spiro atoms. The van der Waals surface area contributed by atoms with Crippen molar-refractivity contribution in [3.05, 3.63) is 28.2 Å². The highest BCUT2D eigenvalue weighted by Crippen LogP contribution is 2.24. The summed E-state index contributed by atoms with van der Waals surface area (Å²) in [4.78, 5) is 24.6. The SMILES string of the molecule is CC(=O)c1ccc(N2CCNC(=O)C2)cc1Br.